The number of aliphatic carboxylic acids is 1. The molecule has 0 aromatic rings. The maximum Gasteiger partial charge on any atom is 0.311 e. The van der Waals surface area contributed by atoms with Crippen LogP contribution in [0.3, 0.4) is 0 Å². The van der Waals surface area contributed by atoms with Crippen molar-refractivity contribution in [3.05, 3.63) is 35.3 Å². The first-order chi connectivity index (χ1) is 8.08. The van der Waals surface area contributed by atoms with E-state index in [-0.39, 0.29) is 4.91 Å². The van der Waals surface area contributed by atoms with Gasteiger partial charge in [-0.25, -0.2) is 0 Å². The first-order valence-corrected chi connectivity index (χ1v) is 5.72. The molecule has 1 saturated heterocycles. The van der Waals surface area contributed by atoms with Crippen molar-refractivity contribution in [2.24, 2.45) is 11.8 Å². The molecular formula is C11H9NO4S. The third-order valence-electron chi connectivity index (χ3n) is 2.45. The molecule has 2 N–H and O–H groups in total. The summed E-state index contributed by atoms with van der Waals surface area (Å²) in [5, 5.41) is 10.7. The number of rotatable bonds is 2. The van der Waals surface area contributed by atoms with Crippen molar-refractivity contribution in [2.45, 2.75) is 0 Å². The third kappa shape index (κ3) is 2.47. The molecule has 0 spiro atoms. The van der Waals surface area contributed by atoms with Gasteiger partial charge in [0.05, 0.1) is 10.8 Å². The molecule has 2 atom stereocenters. The molecule has 0 aromatic carbocycles. The highest BCUT2D eigenvalue weighted by molar-refractivity contribution is 8.18. The van der Waals surface area contributed by atoms with Crippen LogP contribution in [-0.2, 0) is 9.59 Å². The summed E-state index contributed by atoms with van der Waals surface area (Å²) >= 11 is 0.792. The van der Waals surface area contributed by atoms with Crippen LogP contribution in [0.2, 0.25) is 0 Å². The highest BCUT2D eigenvalue weighted by Crippen LogP contribution is 2.29. The summed E-state index contributed by atoms with van der Waals surface area (Å²) in [5.74, 6) is -2.53. The minimum absolute atomic E-state index is 0.256. The summed E-state index contributed by atoms with van der Waals surface area (Å²) in [6, 6.07) is 0. The van der Waals surface area contributed by atoms with Gasteiger partial charge in [-0.2, -0.15) is 0 Å². The number of hydrogen-bond donors (Lipinski definition) is 2. The zero-order valence-electron chi connectivity index (χ0n) is 8.62. The molecule has 2 amide bonds. The predicted octanol–water partition coefficient (Wildman–Crippen LogP) is 1.30. The Bertz CT molecular complexity index is 478. The summed E-state index contributed by atoms with van der Waals surface area (Å²) in [5.41, 5.74) is 0. The molecule has 1 heterocycles. The van der Waals surface area contributed by atoms with E-state index < -0.39 is 29.0 Å². The smallest absolute Gasteiger partial charge is 0.311 e. The molecular weight excluding hydrogens is 242 g/mol. The highest BCUT2D eigenvalue weighted by Gasteiger charge is 2.29. The highest BCUT2D eigenvalue weighted by atomic mass is 32.2. The molecule has 0 bridgehead atoms. The topological polar surface area (TPSA) is 83.5 Å². The lowest BCUT2D eigenvalue weighted by atomic mass is 9.88. The lowest BCUT2D eigenvalue weighted by Crippen LogP contribution is -2.22. The number of carboxylic acids is 1. The molecule has 0 saturated carbocycles. The van der Waals surface area contributed by atoms with Gasteiger partial charge in [0.15, 0.2) is 0 Å². The van der Waals surface area contributed by atoms with Crippen molar-refractivity contribution in [1.29, 1.82) is 0 Å². The number of hydrogen-bond acceptors (Lipinski definition) is 4. The standard InChI is InChI=1S/C11H9NO4S/c13-9-8(17-11(16)12-9)5-6-3-1-2-4-7(6)10(14)15/h1-7H,(H,14,15)(H,12,13,16)/b8-5+. The number of carbonyl (C=O) groups excluding carboxylic acids is 2. The van der Waals surface area contributed by atoms with Crippen LogP contribution in [0.15, 0.2) is 35.3 Å². The van der Waals surface area contributed by atoms with Crippen molar-refractivity contribution >= 4 is 28.9 Å². The summed E-state index contributed by atoms with van der Waals surface area (Å²) in [7, 11) is 0. The SMILES string of the molecule is O=C1NC(=O)/C(=C\C2C=CC=CC2C(=O)O)S1. The molecule has 1 aliphatic heterocycles. The maximum absolute atomic E-state index is 11.3. The van der Waals surface area contributed by atoms with Gasteiger partial charge in [0, 0.05) is 5.92 Å². The molecule has 0 radical (unpaired) electrons. The van der Waals surface area contributed by atoms with Crippen molar-refractivity contribution < 1.29 is 19.5 Å². The molecule has 2 aliphatic rings. The van der Waals surface area contributed by atoms with Crippen LogP contribution >= 0.6 is 11.8 Å². The Kier molecular flexibility index (Phi) is 3.14. The van der Waals surface area contributed by atoms with Crippen LogP contribution in [0.5, 0.6) is 0 Å². The average Bonchev–Trinajstić information content (AvgIpc) is 2.58. The molecule has 2 unspecified atom stereocenters. The van der Waals surface area contributed by atoms with Gasteiger partial charge < -0.3 is 5.11 Å². The second kappa shape index (κ2) is 4.58. The fourth-order valence-corrected chi connectivity index (χ4v) is 2.35. The summed E-state index contributed by atoms with van der Waals surface area (Å²) < 4.78 is 0. The van der Waals surface area contributed by atoms with Gasteiger partial charge in [-0.3, -0.25) is 19.7 Å². The quantitative estimate of drug-likeness (QED) is 0.723. The Morgan fingerprint density at radius 3 is 2.65 bits per heavy atom. The van der Waals surface area contributed by atoms with Crippen LogP contribution < -0.4 is 5.32 Å². The van der Waals surface area contributed by atoms with E-state index in [0.29, 0.717) is 0 Å². The van der Waals surface area contributed by atoms with E-state index in [1.54, 1.807) is 24.3 Å². The number of imide groups is 1. The van der Waals surface area contributed by atoms with Crippen LogP contribution in [-0.4, -0.2) is 22.2 Å². The van der Waals surface area contributed by atoms with Crippen molar-refractivity contribution in [1.82, 2.24) is 5.32 Å². The average molecular weight is 251 g/mol. The number of allylic oxidation sites excluding steroid dienone is 4. The van der Waals surface area contributed by atoms with Crippen molar-refractivity contribution in [3.8, 4) is 0 Å². The Morgan fingerprint density at radius 1 is 1.35 bits per heavy atom. The molecule has 88 valence electrons. The fraction of sp³-hybridized carbons (Fsp3) is 0.182. The molecule has 2 rings (SSSR count). The van der Waals surface area contributed by atoms with E-state index in [1.807, 2.05) is 0 Å². The van der Waals surface area contributed by atoms with Gasteiger partial charge in [0.25, 0.3) is 11.1 Å². The van der Waals surface area contributed by atoms with Gasteiger partial charge in [0.1, 0.15) is 0 Å². The summed E-state index contributed by atoms with van der Waals surface area (Å²) in [6.07, 6.45) is 8.15. The van der Waals surface area contributed by atoms with Crippen molar-refractivity contribution in [3.63, 3.8) is 0 Å². The molecule has 17 heavy (non-hydrogen) atoms. The molecule has 1 fully saturated rings. The van der Waals surface area contributed by atoms with Gasteiger partial charge >= 0.3 is 5.97 Å². The number of amides is 2. The van der Waals surface area contributed by atoms with Gasteiger partial charge in [-0.1, -0.05) is 30.4 Å². The van der Waals surface area contributed by atoms with Crippen LogP contribution in [0.4, 0.5) is 4.79 Å². The minimum atomic E-state index is -0.956. The van der Waals surface area contributed by atoms with E-state index >= 15 is 0 Å². The Labute approximate surface area is 101 Å². The first kappa shape index (κ1) is 11.7. The fourth-order valence-electron chi connectivity index (χ4n) is 1.64. The second-order valence-electron chi connectivity index (χ2n) is 3.59. The molecule has 5 nitrogen and oxygen atoms in total. The number of thioether (sulfide) groups is 1. The maximum atomic E-state index is 11.3. The van der Waals surface area contributed by atoms with Crippen LogP contribution in [0, 0.1) is 11.8 Å². The monoisotopic (exact) mass is 251 g/mol. The van der Waals surface area contributed by atoms with E-state index in [2.05, 4.69) is 5.32 Å². The summed E-state index contributed by atoms with van der Waals surface area (Å²) in [6.45, 7) is 0. The normalized spacial score (nSPS) is 29.8. The molecule has 1 aliphatic carbocycles. The molecule has 0 aromatic heterocycles. The lowest BCUT2D eigenvalue weighted by Gasteiger charge is -2.17. The van der Waals surface area contributed by atoms with Crippen LogP contribution in [0.25, 0.3) is 0 Å². The predicted molar refractivity (Wildman–Crippen MR) is 62.1 cm³/mol. The largest absolute Gasteiger partial charge is 0.481 e. The third-order valence-corrected chi connectivity index (χ3v) is 3.28. The van der Waals surface area contributed by atoms with Crippen LogP contribution in [0.1, 0.15) is 0 Å². The Balaban J connectivity index is 2.22. The Morgan fingerprint density at radius 2 is 2.06 bits per heavy atom. The Hall–Kier alpha value is -1.82. The van der Waals surface area contributed by atoms with Gasteiger partial charge in [-0.05, 0) is 11.8 Å². The molecule has 6 heteroatoms. The number of nitrogens with one attached hydrogen (secondary N) is 1. The van der Waals surface area contributed by atoms with Gasteiger partial charge in [-0.15, -0.1) is 0 Å². The zero-order valence-corrected chi connectivity index (χ0v) is 9.44. The van der Waals surface area contributed by atoms with E-state index in [4.69, 9.17) is 5.11 Å². The van der Waals surface area contributed by atoms with E-state index in [1.165, 1.54) is 6.08 Å². The number of carbonyl (C=O) groups is 3. The van der Waals surface area contributed by atoms with E-state index in [0.717, 1.165) is 11.8 Å². The minimum Gasteiger partial charge on any atom is -0.481 e. The first-order valence-electron chi connectivity index (χ1n) is 4.90. The lowest BCUT2D eigenvalue weighted by molar-refractivity contribution is -0.140. The number of carboxylic acid groups (broad SMARTS) is 1. The zero-order chi connectivity index (χ0) is 12.4. The van der Waals surface area contributed by atoms with Gasteiger partial charge in [0.2, 0.25) is 0 Å². The second-order valence-corrected chi connectivity index (χ2v) is 4.60. The van der Waals surface area contributed by atoms with E-state index in [9.17, 15) is 14.4 Å². The van der Waals surface area contributed by atoms with Crippen molar-refractivity contribution in [2.75, 3.05) is 0 Å². The summed E-state index contributed by atoms with van der Waals surface area (Å²) in [4.78, 5) is 33.5.